The smallest absolute Gasteiger partial charge is 0.258 e. The predicted octanol–water partition coefficient (Wildman–Crippen LogP) is 4.32. The summed E-state index contributed by atoms with van der Waals surface area (Å²) in [6.45, 7) is 0. The van der Waals surface area contributed by atoms with Crippen molar-refractivity contribution in [2.45, 2.75) is 0 Å². The van der Waals surface area contributed by atoms with Gasteiger partial charge >= 0.3 is 0 Å². The van der Waals surface area contributed by atoms with Gasteiger partial charge in [-0.3, -0.25) is 4.79 Å². The Labute approximate surface area is 130 Å². The molecule has 1 amide bonds. The van der Waals surface area contributed by atoms with E-state index in [0.29, 0.717) is 31.4 Å². The molecule has 20 heavy (non-hydrogen) atoms. The van der Waals surface area contributed by atoms with Crippen molar-refractivity contribution in [2.75, 3.05) is 19.5 Å². The third kappa shape index (κ3) is 3.17. The van der Waals surface area contributed by atoms with Crippen LogP contribution in [-0.2, 0) is 0 Å². The van der Waals surface area contributed by atoms with Gasteiger partial charge in [0, 0.05) is 6.07 Å². The van der Waals surface area contributed by atoms with Gasteiger partial charge in [0.05, 0.1) is 29.8 Å². The monoisotopic (exact) mass is 331 g/mol. The van der Waals surface area contributed by atoms with Gasteiger partial charge in [0.15, 0.2) is 0 Å². The van der Waals surface area contributed by atoms with Gasteiger partial charge in [-0.1, -0.05) is 23.2 Å². The van der Waals surface area contributed by atoms with Crippen LogP contribution in [0.2, 0.25) is 8.67 Å². The number of benzene rings is 1. The van der Waals surface area contributed by atoms with E-state index in [9.17, 15) is 4.79 Å². The first-order valence-electron chi connectivity index (χ1n) is 5.53. The van der Waals surface area contributed by atoms with E-state index in [1.165, 1.54) is 13.2 Å². The summed E-state index contributed by atoms with van der Waals surface area (Å²) < 4.78 is 11.1. The Balaban J connectivity index is 2.25. The van der Waals surface area contributed by atoms with E-state index < -0.39 is 0 Å². The first kappa shape index (κ1) is 15.0. The average molecular weight is 332 g/mol. The normalized spacial score (nSPS) is 10.2. The van der Waals surface area contributed by atoms with E-state index in [1.807, 2.05) is 0 Å². The molecule has 0 saturated carbocycles. The number of carbonyl (C=O) groups excluding carboxylic acids is 1. The lowest BCUT2D eigenvalue weighted by Crippen LogP contribution is -2.12. The minimum atomic E-state index is -0.346. The molecule has 1 aromatic heterocycles. The fourth-order valence-electron chi connectivity index (χ4n) is 1.59. The van der Waals surface area contributed by atoms with E-state index in [1.54, 1.807) is 25.3 Å². The molecule has 0 radical (unpaired) electrons. The van der Waals surface area contributed by atoms with Crippen LogP contribution in [0.1, 0.15) is 10.4 Å². The summed E-state index contributed by atoms with van der Waals surface area (Å²) >= 11 is 12.9. The SMILES string of the molecule is COc1ccc(NC(=O)c2cc(Cl)sc2Cl)c(OC)c1. The largest absolute Gasteiger partial charge is 0.497 e. The molecular formula is C13H11Cl2NO3S. The lowest BCUT2D eigenvalue weighted by molar-refractivity contribution is 0.102. The highest BCUT2D eigenvalue weighted by atomic mass is 35.5. The average Bonchev–Trinajstić information content (AvgIpc) is 2.78. The van der Waals surface area contributed by atoms with Crippen molar-refractivity contribution in [2.24, 2.45) is 0 Å². The molecule has 0 spiro atoms. The standard InChI is InChI=1S/C13H11Cl2NO3S/c1-18-7-3-4-9(10(5-7)19-2)16-13(17)8-6-11(14)20-12(8)15/h3-6H,1-2H3,(H,16,17). The van der Waals surface area contributed by atoms with Crippen molar-refractivity contribution in [3.63, 3.8) is 0 Å². The first-order valence-corrected chi connectivity index (χ1v) is 7.10. The van der Waals surface area contributed by atoms with Crippen molar-refractivity contribution in [1.29, 1.82) is 0 Å². The van der Waals surface area contributed by atoms with E-state index in [2.05, 4.69) is 5.32 Å². The Hall–Kier alpha value is -1.43. The Kier molecular flexibility index (Phi) is 4.75. The number of nitrogens with one attached hydrogen (secondary N) is 1. The van der Waals surface area contributed by atoms with Crippen LogP contribution in [0, 0.1) is 0 Å². The van der Waals surface area contributed by atoms with Crippen molar-refractivity contribution in [1.82, 2.24) is 0 Å². The number of rotatable bonds is 4. The molecule has 2 aromatic rings. The van der Waals surface area contributed by atoms with Crippen molar-refractivity contribution in [3.8, 4) is 11.5 Å². The summed E-state index contributed by atoms with van der Waals surface area (Å²) in [4.78, 5) is 12.1. The third-order valence-corrected chi connectivity index (χ3v) is 4.05. The molecule has 7 heteroatoms. The highest BCUT2D eigenvalue weighted by Gasteiger charge is 2.16. The lowest BCUT2D eigenvalue weighted by Gasteiger charge is -2.11. The van der Waals surface area contributed by atoms with Gasteiger partial charge < -0.3 is 14.8 Å². The molecule has 1 heterocycles. The Morgan fingerprint density at radius 3 is 2.50 bits per heavy atom. The van der Waals surface area contributed by atoms with Crippen LogP contribution in [0.15, 0.2) is 24.3 Å². The van der Waals surface area contributed by atoms with Gasteiger partial charge in [0.2, 0.25) is 0 Å². The number of ether oxygens (including phenoxy) is 2. The molecular weight excluding hydrogens is 321 g/mol. The second kappa shape index (κ2) is 6.35. The molecule has 0 aliphatic heterocycles. The van der Waals surface area contributed by atoms with Gasteiger partial charge in [-0.2, -0.15) is 0 Å². The fraction of sp³-hybridized carbons (Fsp3) is 0.154. The molecule has 2 rings (SSSR count). The highest BCUT2D eigenvalue weighted by Crippen LogP contribution is 2.33. The van der Waals surface area contributed by atoms with Crippen LogP contribution < -0.4 is 14.8 Å². The van der Waals surface area contributed by atoms with Gasteiger partial charge in [-0.25, -0.2) is 0 Å². The van der Waals surface area contributed by atoms with E-state index in [-0.39, 0.29) is 5.91 Å². The first-order chi connectivity index (χ1) is 9.55. The zero-order valence-corrected chi connectivity index (χ0v) is 13.0. The van der Waals surface area contributed by atoms with Crippen LogP contribution in [-0.4, -0.2) is 20.1 Å². The van der Waals surface area contributed by atoms with Crippen LogP contribution in [0.4, 0.5) is 5.69 Å². The summed E-state index contributed by atoms with van der Waals surface area (Å²) in [5, 5.41) is 2.73. The maximum absolute atomic E-state index is 12.1. The number of hydrogen-bond acceptors (Lipinski definition) is 4. The number of carbonyl (C=O) groups is 1. The quantitative estimate of drug-likeness (QED) is 0.907. The Bertz CT molecular complexity index is 643. The van der Waals surface area contributed by atoms with Gasteiger partial charge in [0.25, 0.3) is 5.91 Å². The number of hydrogen-bond donors (Lipinski definition) is 1. The van der Waals surface area contributed by atoms with E-state index in [0.717, 1.165) is 11.3 Å². The molecule has 0 atom stereocenters. The molecule has 0 unspecified atom stereocenters. The topological polar surface area (TPSA) is 47.6 Å². The molecule has 0 bridgehead atoms. The van der Waals surface area contributed by atoms with Crippen LogP contribution in [0.5, 0.6) is 11.5 Å². The fourth-order valence-corrected chi connectivity index (χ4v) is 3.04. The highest BCUT2D eigenvalue weighted by molar-refractivity contribution is 7.20. The summed E-state index contributed by atoms with van der Waals surface area (Å²) in [7, 11) is 3.07. The van der Waals surface area contributed by atoms with Gasteiger partial charge in [-0.05, 0) is 18.2 Å². The molecule has 0 fully saturated rings. The minimum Gasteiger partial charge on any atom is -0.497 e. The molecule has 0 saturated heterocycles. The van der Waals surface area contributed by atoms with Gasteiger partial charge in [0.1, 0.15) is 15.8 Å². The third-order valence-electron chi connectivity index (χ3n) is 2.56. The summed E-state index contributed by atoms with van der Waals surface area (Å²) in [6, 6.07) is 6.62. The van der Waals surface area contributed by atoms with Crippen molar-refractivity contribution in [3.05, 3.63) is 38.5 Å². The molecule has 0 aliphatic rings. The van der Waals surface area contributed by atoms with Gasteiger partial charge in [-0.15, -0.1) is 11.3 Å². The second-order valence-electron chi connectivity index (χ2n) is 3.76. The minimum absolute atomic E-state index is 0.333. The van der Waals surface area contributed by atoms with Crippen LogP contribution in [0.25, 0.3) is 0 Å². The molecule has 1 aromatic carbocycles. The van der Waals surface area contributed by atoms with Crippen molar-refractivity contribution < 1.29 is 14.3 Å². The molecule has 1 N–H and O–H groups in total. The number of methoxy groups -OCH3 is 2. The summed E-state index contributed by atoms with van der Waals surface area (Å²) in [5.41, 5.74) is 0.858. The predicted molar refractivity (Wildman–Crippen MR) is 81.8 cm³/mol. The lowest BCUT2D eigenvalue weighted by atomic mass is 10.2. The Morgan fingerprint density at radius 1 is 1.20 bits per heavy atom. The maximum atomic E-state index is 12.1. The number of amides is 1. The summed E-state index contributed by atoms with van der Waals surface area (Å²) in [5.74, 6) is 0.785. The molecule has 0 aliphatic carbocycles. The number of thiophene rings is 1. The Morgan fingerprint density at radius 2 is 1.95 bits per heavy atom. The second-order valence-corrected chi connectivity index (χ2v) is 6.04. The molecule has 4 nitrogen and oxygen atoms in total. The van der Waals surface area contributed by atoms with E-state index >= 15 is 0 Å². The zero-order valence-electron chi connectivity index (χ0n) is 10.7. The van der Waals surface area contributed by atoms with Crippen molar-refractivity contribution >= 4 is 46.1 Å². The number of anilines is 1. The zero-order chi connectivity index (χ0) is 14.7. The van der Waals surface area contributed by atoms with Crippen LogP contribution in [0.3, 0.4) is 0 Å². The maximum Gasteiger partial charge on any atom is 0.258 e. The van der Waals surface area contributed by atoms with E-state index in [4.69, 9.17) is 32.7 Å². The molecule has 106 valence electrons. The number of halogens is 2. The summed E-state index contributed by atoms with van der Waals surface area (Å²) in [6.07, 6.45) is 0. The van der Waals surface area contributed by atoms with Crippen LogP contribution >= 0.6 is 34.5 Å².